The summed E-state index contributed by atoms with van der Waals surface area (Å²) >= 11 is 0. The standard InChI is InChI=1S/C25H29NO5S/c1-16-4-10-19(11-5-16)32(28,29)26(2)15-14-25-18-8-6-17-7-13-21(30-3)23(22(17)25)31-24(25)20(27)12-9-18/h4-8,10-11,13,18,20,24,27H,9,12,14-15H2,1-3H3/t18-,20-,24+,25+/m1/s1. The number of nitrogens with zero attached hydrogens (tertiary/aromatic N) is 1. The molecule has 0 aromatic heterocycles. The smallest absolute Gasteiger partial charge is 0.242 e. The van der Waals surface area contributed by atoms with Crippen molar-refractivity contribution in [3.05, 3.63) is 59.2 Å². The average molecular weight is 456 g/mol. The third-order valence-electron chi connectivity index (χ3n) is 7.45. The molecule has 4 atom stereocenters. The van der Waals surface area contributed by atoms with E-state index in [0.29, 0.717) is 30.9 Å². The zero-order chi connectivity index (χ0) is 22.7. The minimum Gasteiger partial charge on any atom is -0.493 e. The van der Waals surface area contributed by atoms with E-state index in [-0.39, 0.29) is 10.8 Å². The fourth-order valence-corrected chi connectivity index (χ4v) is 6.89. The van der Waals surface area contributed by atoms with E-state index in [4.69, 9.17) is 9.47 Å². The Morgan fingerprint density at radius 1 is 1.19 bits per heavy atom. The number of aryl methyl sites for hydroxylation is 1. The van der Waals surface area contributed by atoms with Gasteiger partial charge in [0, 0.05) is 24.6 Å². The molecule has 6 nitrogen and oxygen atoms in total. The highest BCUT2D eigenvalue weighted by molar-refractivity contribution is 7.89. The summed E-state index contributed by atoms with van der Waals surface area (Å²) in [7, 11) is -0.374. The molecule has 7 heteroatoms. The van der Waals surface area contributed by atoms with Crippen molar-refractivity contribution >= 4 is 16.1 Å². The number of benzene rings is 2. The molecule has 2 aromatic carbocycles. The molecule has 0 spiro atoms. The molecule has 0 unspecified atom stereocenters. The van der Waals surface area contributed by atoms with Crippen LogP contribution in [0.3, 0.4) is 0 Å². The molecule has 1 aliphatic heterocycles. The lowest BCUT2D eigenvalue weighted by Gasteiger charge is -2.48. The summed E-state index contributed by atoms with van der Waals surface area (Å²) in [6, 6.07) is 10.8. The molecule has 0 amide bonds. The Balaban J connectivity index is 1.52. The van der Waals surface area contributed by atoms with Gasteiger partial charge in [-0.1, -0.05) is 35.9 Å². The van der Waals surface area contributed by atoms with Gasteiger partial charge in [-0.05, 0) is 55.9 Å². The number of aliphatic hydroxyl groups excluding tert-OH is 1. The maximum atomic E-state index is 13.2. The van der Waals surface area contributed by atoms with Crippen LogP contribution < -0.4 is 9.47 Å². The molecule has 0 bridgehead atoms. The first-order valence-corrected chi connectivity index (χ1v) is 12.5. The minimum atomic E-state index is -3.61. The number of rotatable bonds is 6. The van der Waals surface area contributed by atoms with Gasteiger partial charge < -0.3 is 14.6 Å². The molecule has 5 rings (SSSR count). The average Bonchev–Trinajstić information content (AvgIpc) is 3.15. The minimum absolute atomic E-state index is 0.173. The zero-order valence-corrected chi connectivity index (χ0v) is 19.4. The Labute approximate surface area is 189 Å². The van der Waals surface area contributed by atoms with Crippen LogP contribution in [0.2, 0.25) is 0 Å². The molecular weight excluding hydrogens is 426 g/mol. The molecule has 1 heterocycles. The molecule has 0 radical (unpaired) electrons. The van der Waals surface area contributed by atoms with Crippen molar-refractivity contribution in [2.24, 2.45) is 5.92 Å². The molecule has 1 fully saturated rings. The van der Waals surface area contributed by atoms with E-state index in [2.05, 4.69) is 12.2 Å². The molecule has 0 saturated heterocycles. The summed E-state index contributed by atoms with van der Waals surface area (Å²) in [4.78, 5) is 0.289. The highest BCUT2D eigenvalue weighted by Crippen LogP contribution is 2.61. The van der Waals surface area contributed by atoms with Crippen molar-refractivity contribution in [3.8, 4) is 11.5 Å². The first-order chi connectivity index (χ1) is 15.3. The normalized spacial score (nSPS) is 27.8. The van der Waals surface area contributed by atoms with E-state index in [0.717, 1.165) is 23.1 Å². The lowest BCUT2D eigenvalue weighted by atomic mass is 9.56. The van der Waals surface area contributed by atoms with Crippen LogP contribution in [0, 0.1) is 12.8 Å². The summed E-state index contributed by atoms with van der Waals surface area (Å²) in [5.41, 5.74) is 2.64. The third kappa shape index (κ3) is 3.02. The van der Waals surface area contributed by atoms with Gasteiger partial charge in [-0.15, -0.1) is 0 Å². The van der Waals surface area contributed by atoms with Gasteiger partial charge in [0.25, 0.3) is 0 Å². The van der Waals surface area contributed by atoms with E-state index in [1.807, 2.05) is 31.2 Å². The summed E-state index contributed by atoms with van der Waals surface area (Å²) in [6.07, 6.45) is 5.34. The van der Waals surface area contributed by atoms with Crippen molar-refractivity contribution < 1.29 is 23.0 Å². The Morgan fingerprint density at radius 3 is 2.66 bits per heavy atom. The molecule has 1 saturated carbocycles. The second kappa shape index (κ2) is 7.61. The Hall–Kier alpha value is -2.35. The van der Waals surface area contributed by atoms with Gasteiger partial charge >= 0.3 is 0 Å². The predicted molar refractivity (Wildman–Crippen MR) is 122 cm³/mol. The van der Waals surface area contributed by atoms with Gasteiger partial charge in [0.05, 0.1) is 18.1 Å². The highest BCUT2D eigenvalue weighted by atomic mass is 32.2. The largest absolute Gasteiger partial charge is 0.493 e. The molecule has 2 aromatic rings. The van der Waals surface area contributed by atoms with Crippen LogP contribution in [0.25, 0.3) is 6.08 Å². The van der Waals surface area contributed by atoms with Gasteiger partial charge in [0.15, 0.2) is 11.5 Å². The molecule has 1 N–H and O–H groups in total. The van der Waals surface area contributed by atoms with Crippen molar-refractivity contribution in [2.75, 3.05) is 20.7 Å². The zero-order valence-electron chi connectivity index (χ0n) is 18.6. The maximum absolute atomic E-state index is 13.2. The van der Waals surface area contributed by atoms with Gasteiger partial charge in [-0.25, -0.2) is 12.7 Å². The summed E-state index contributed by atoms with van der Waals surface area (Å²) in [5, 5.41) is 10.9. The van der Waals surface area contributed by atoms with Crippen LogP contribution in [0.4, 0.5) is 0 Å². The summed E-state index contributed by atoms with van der Waals surface area (Å²) in [5.74, 6) is 1.51. The van der Waals surface area contributed by atoms with Crippen molar-refractivity contribution in [1.29, 1.82) is 0 Å². The molecule has 170 valence electrons. The Morgan fingerprint density at radius 2 is 1.94 bits per heavy atom. The molecule has 32 heavy (non-hydrogen) atoms. The quantitative estimate of drug-likeness (QED) is 0.721. The van der Waals surface area contributed by atoms with E-state index in [1.54, 1.807) is 26.3 Å². The predicted octanol–water partition coefficient (Wildman–Crippen LogP) is 3.51. The number of ether oxygens (including phenoxy) is 2. The number of hydrogen-bond acceptors (Lipinski definition) is 5. The van der Waals surface area contributed by atoms with E-state index in [9.17, 15) is 13.5 Å². The lowest BCUT2D eigenvalue weighted by molar-refractivity contribution is -0.0464. The first-order valence-electron chi connectivity index (χ1n) is 11.1. The van der Waals surface area contributed by atoms with Crippen LogP contribution in [0.1, 0.15) is 36.0 Å². The maximum Gasteiger partial charge on any atom is 0.242 e. The van der Waals surface area contributed by atoms with Crippen molar-refractivity contribution in [1.82, 2.24) is 4.31 Å². The summed E-state index contributed by atoms with van der Waals surface area (Å²) < 4.78 is 39.7. The molecular formula is C25H29NO5S. The van der Waals surface area contributed by atoms with Crippen LogP contribution in [-0.4, -0.2) is 50.7 Å². The van der Waals surface area contributed by atoms with Crippen LogP contribution in [-0.2, 0) is 15.4 Å². The highest BCUT2D eigenvalue weighted by Gasteiger charge is 2.60. The number of allylic oxidation sites excluding steroid dienone is 1. The van der Waals surface area contributed by atoms with Crippen molar-refractivity contribution in [3.63, 3.8) is 0 Å². The Bertz CT molecular complexity index is 1170. The second-order valence-electron chi connectivity index (χ2n) is 9.14. The van der Waals surface area contributed by atoms with Crippen LogP contribution >= 0.6 is 0 Å². The number of hydrogen-bond donors (Lipinski definition) is 1. The van der Waals surface area contributed by atoms with Gasteiger partial charge in [-0.2, -0.15) is 0 Å². The van der Waals surface area contributed by atoms with E-state index >= 15 is 0 Å². The fourth-order valence-electron chi connectivity index (χ4n) is 5.72. The first kappa shape index (κ1) is 21.5. The Kier molecular flexibility index (Phi) is 5.11. The topological polar surface area (TPSA) is 76.1 Å². The van der Waals surface area contributed by atoms with E-state index in [1.165, 1.54) is 4.31 Å². The van der Waals surface area contributed by atoms with Crippen LogP contribution in [0.5, 0.6) is 11.5 Å². The number of methoxy groups -OCH3 is 1. The molecule has 3 aliphatic rings. The van der Waals surface area contributed by atoms with Gasteiger partial charge in [0.2, 0.25) is 10.0 Å². The number of aliphatic hydroxyl groups is 1. The van der Waals surface area contributed by atoms with Gasteiger partial charge in [-0.3, -0.25) is 0 Å². The van der Waals surface area contributed by atoms with Gasteiger partial charge in [0.1, 0.15) is 6.10 Å². The lowest BCUT2D eigenvalue weighted by Crippen LogP contribution is -2.55. The van der Waals surface area contributed by atoms with E-state index < -0.39 is 27.6 Å². The van der Waals surface area contributed by atoms with Crippen molar-refractivity contribution in [2.45, 2.75) is 48.7 Å². The fraction of sp³-hybridized carbons (Fsp3) is 0.440. The third-order valence-corrected chi connectivity index (χ3v) is 9.32. The second-order valence-corrected chi connectivity index (χ2v) is 11.2. The monoisotopic (exact) mass is 455 g/mol. The number of sulfonamides is 1. The van der Waals surface area contributed by atoms with Crippen LogP contribution in [0.15, 0.2) is 47.4 Å². The SMILES string of the molecule is COc1ccc2c3c1O[C@H]1[C@H](O)CC[C@@H](C=C2)[C@@]31CCN(C)S(=O)(=O)c1ccc(C)cc1. The summed E-state index contributed by atoms with van der Waals surface area (Å²) in [6.45, 7) is 2.26. The molecule has 2 aliphatic carbocycles.